The van der Waals surface area contributed by atoms with Crippen LogP contribution in [0.3, 0.4) is 0 Å². The second-order valence-corrected chi connectivity index (χ2v) is 8.12. The molecule has 0 aromatic heterocycles. The Morgan fingerprint density at radius 3 is 2.23 bits per heavy atom. The lowest BCUT2D eigenvalue weighted by Crippen LogP contribution is -2.42. The van der Waals surface area contributed by atoms with Crippen LogP contribution in [0.25, 0.3) is 0 Å². The lowest BCUT2D eigenvalue weighted by atomic mass is 10.1. The van der Waals surface area contributed by atoms with Crippen molar-refractivity contribution in [1.82, 2.24) is 10.6 Å². The van der Waals surface area contributed by atoms with Gasteiger partial charge in [-0.2, -0.15) is 0 Å². The molecule has 0 saturated carbocycles. The minimum Gasteiger partial charge on any atom is -0.349 e. The molecule has 2 rings (SSSR count). The molecular weight excluding hydrogens is 324 g/mol. The van der Waals surface area contributed by atoms with Crippen molar-refractivity contribution in [3.63, 3.8) is 0 Å². The molecular formula is C15H23ClN2O3S. The zero-order chi connectivity index (χ0) is 15.5. The van der Waals surface area contributed by atoms with E-state index in [1.165, 1.54) is 12.1 Å². The minimum atomic E-state index is -3.29. The standard InChI is InChI=1S/C15H22N2O3S.ClH/c1-11(2)21(19,20)14-5-3-12(4-6-14)15(18)17-13-7-9-16-10-8-13;/h3-6,11,13,16H,7-10H2,1-2H3,(H,17,18);1H. The van der Waals surface area contributed by atoms with Crippen molar-refractivity contribution in [1.29, 1.82) is 0 Å². The number of sulfone groups is 1. The highest BCUT2D eigenvalue weighted by Crippen LogP contribution is 2.16. The first-order valence-corrected chi connectivity index (χ1v) is 8.81. The van der Waals surface area contributed by atoms with Gasteiger partial charge in [0.05, 0.1) is 10.1 Å². The van der Waals surface area contributed by atoms with Crippen molar-refractivity contribution in [3.05, 3.63) is 29.8 Å². The van der Waals surface area contributed by atoms with Gasteiger partial charge in [-0.25, -0.2) is 8.42 Å². The molecule has 0 bridgehead atoms. The number of carbonyl (C=O) groups is 1. The second kappa shape index (κ2) is 7.94. The van der Waals surface area contributed by atoms with Gasteiger partial charge in [-0.3, -0.25) is 4.79 Å². The van der Waals surface area contributed by atoms with Crippen LogP contribution in [0.5, 0.6) is 0 Å². The number of carbonyl (C=O) groups excluding carboxylic acids is 1. The van der Waals surface area contributed by atoms with Crippen LogP contribution in [-0.2, 0) is 9.84 Å². The van der Waals surface area contributed by atoms with E-state index in [-0.39, 0.29) is 29.3 Å². The molecule has 1 aliphatic heterocycles. The lowest BCUT2D eigenvalue weighted by molar-refractivity contribution is 0.0929. The predicted octanol–water partition coefficient (Wildman–Crippen LogP) is 1.77. The Morgan fingerprint density at radius 2 is 1.73 bits per heavy atom. The normalized spacial score (nSPS) is 16.1. The SMILES string of the molecule is CC(C)S(=O)(=O)c1ccc(C(=O)NC2CCNCC2)cc1.Cl. The zero-order valence-corrected chi connectivity index (χ0v) is 14.5. The summed E-state index contributed by atoms with van der Waals surface area (Å²) in [6, 6.07) is 6.36. The van der Waals surface area contributed by atoms with Gasteiger partial charge in [0, 0.05) is 11.6 Å². The van der Waals surface area contributed by atoms with Gasteiger partial charge >= 0.3 is 0 Å². The van der Waals surface area contributed by atoms with E-state index in [1.807, 2.05) is 0 Å². The van der Waals surface area contributed by atoms with E-state index in [4.69, 9.17) is 0 Å². The Morgan fingerprint density at radius 1 is 1.18 bits per heavy atom. The lowest BCUT2D eigenvalue weighted by Gasteiger charge is -2.23. The van der Waals surface area contributed by atoms with Crippen molar-refractivity contribution in [2.75, 3.05) is 13.1 Å². The highest BCUT2D eigenvalue weighted by atomic mass is 35.5. The van der Waals surface area contributed by atoms with Crippen molar-refractivity contribution in [2.24, 2.45) is 0 Å². The van der Waals surface area contributed by atoms with Gasteiger partial charge in [0.1, 0.15) is 0 Å². The van der Waals surface area contributed by atoms with Crippen LogP contribution in [0, 0.1) is 0 Å². The van der Waals surface area contributed by atoms with Gasteiger partial charge < -0.3 is 10.6 Å². The average Bonchev–Trinajstić information content (AvgIpc) is 2.48. The summed E-state index contributed by atoms with van der Waals surface area (Å²) in [4.78, 5) is 12.4. The fourth-order valence-electron chi connectivity index (χ4n) is 2.30. The Labute approximate surface area is 138 Å². The molecule has 124 valence electrons. The molecule has 2 N–H and O–H groups in total. The maximum Gasteiger partial charge on any atom is 0.251 e. The fourth-order valence-corrected chi connectivity index (χ4v) is 3.36. The van der Waals surface area contributed by atoms with E-state index < -0.39 is 15.1 Å². The minimum absolute atomic E-state index is 0. The van der Waals surface area contributed by atoms with E-state index in [2.05, 4.69) is 10.6 Å². The number of hydrogen-bond donors (Lipinski definition) is 2. The third-order valence-electron chi connectivity index (χ3n) is 3.74. The number of nitrogens with one attached hydrogen (secondary N) is 2. The highest BCUT2D eigenvalue weighted by molar-refractivity contribution is 7.92. The van der Waals surface area contributed by atoms with E-state index in [0.29, 0.717) is 5.56 Å². The number of hydrogen-bond acceptors (Lipinski definition) is 4. The summed E-state index contributed by atoms with van der Waals surface area (Å²) in [6.45, 7) is 5.12. The van der Waals surface area contributed by atoms with E-state index in [1.54, 1.807) is 26.0 Å². The molecule has 0 unspecified atom stereocenters. The maximum absolute atomic E-state index is 12.1. The van der Waals surface area contributed by atoms with Gasteiger partial charge in [0.15, 0.2) is 9.84 Å². The molecule has 1 aromatic rings. The molecule has 1 aromatic carbocycles. The smallest absolute Gasteiger partial charge is 0.251 e. The summed E-state index contributed by atoms with van der Waals surface area (Å²) in [5, 5.41) is 5.77. The zero-order valence-electron chi connectivity index (χ0n) is 12.8. The van der Waals surface area contributed by atoms with Gasteiger partial charge in [-0.05, 0) is 64.0 Å². The van der Waals surface area contributed by atoms with Crippen LogP contribution in [0.15, 0.2) is 29.2 Å². The topological polar surface area (TPSA) is 75.3 Å². The number of halogens is 1. The summed E-state index contributed by atoms with van der Waals surface area (Å²) in [7, 11) is -3.29. The van der Waals surface area contributed by atoms with Crippen molar-refractivity contribution in [3.8, 4) is 0 Å². The summed E-state index contributed by atoms with van der Waals surface area (Å²) in [5.41, 5.74) is 0.497. The molecule has 5 nitrogen and oxygen atoms in total. The molecule has 7 heteroatoms. The van der Waals surface area contributed by atoms with Crippen LogP contribution in [0.4, 0.5) is 0 Å². The maximum atomic E-state index is 12.1. The Bertz CT molecular complexity index is 594. The molecule has 1 aliphatic rings. The van der Waals surface area contributed by atoms with Crippen LogP contribution >= 0.6 is 12.4 Å². The first kappa shape index (κ1) is 18.9. The van der Waals surface area contributed by atoms with Gasteiger partial charge in [0.25, 0.3) is 5.91 Å². The highest BCUT2D eigenvalue weighted by Gasteiger charge is 2.20. The summed E-state index contributed by atoms with van der Waals surface area (Å²) in [5.74, 6) is -0.143. The molecule has 0 atom stereocenters. The monoisotopic (exact) mass is 346 g/mol. The number of amides is 1. The first-order chi connectivity index (χ1) is 9.91. The summed E-state index contributed by atoms with van der Waals surface area (Å²) in [6.07, 6.45) is 1.84. The van der Waals surface area contributed by atoms with Crippen LogP contribution < -0.4 is 10.6 Å². The fraction of sp³-hybridized carbons (Fsp3) is 0.533. The third kappa shape index (κ3) is 4.44. The Balaban J connectivity index is 0.00000242. The number of rotatable bonds is 4. The van der Waals surface area contributed by atoms with Gasteiger partial charge in [0.2, 0.25) is 0 Å². The molecule has 1 amide bonds. The molecule has 0 spiro atoms. The van der Waals surface area contributed by atoms with Crippen molar-refractivity contribution < 1.29 is 13.2 Å². The first-order valence-electron chi connectivity index (χ1n) is 7.27. The predicted molar refractivity (Wildman–Crippen MR) is 89.4 cm³/mol. The summed E-state index contributed by atoms with van der Waals surface area (Å²) >= 11 is 0. The van der Waals surface area contributed by atoms with Crippen LogP contribution in [-0.4, -0.2) is 38.7 Å². The molecule has 0 aliphatic carbocycles. The van der Waals surface area contributed by atoms with E-state index >= 15 is 0 Å². The molecule has 1 fully saturated rings. The molecule has 1 heterocycles. The Kier molecular flexibility index (Phi) is 6.84. The summed E-state index contributed by atoms with van der Waals surface area (Å²) < 4.78 is 24.0. The molecule has 0 radical (unpaired) electrons. The molecule has 22 heavy (non-hydrogen) atoms. The largest absolute Gasteiger partial charge is 0.349 e. The van der Waals surface area contributed by atoms with Crippen molar-refractivity contribution >= 4 is 28.2 Å². The Hall–Kier alpha value is -1.11. The van der Waals surface area contributed by atoms with Crippen LogP contribution in [0.1, 0.15) is 37.0 Å². The quantitative estimate of drug-likeness (QED) is 0.871. The number of benzene rings is 1. The van der Waals surface area contributed by atoms with E-state index in [9.17, 15) is 13.2 Å². The van der Waals surface area contributed by atoms with Gasteiger partial charge in [-0.15, -0.1) is 12.4 Å². The van der Waals surface area contributed by atoms with Crippen LogP contribution in [0.2, 0.25) is 0 Å². The second-order valence-electron chi connectivity index (χ2n) is 5.62. The molecule has 1 saturated heterocycles. The van der Waals surface area contributed by atoms with Crippen molar-refractivity contribution in [2.45, 2.75) is 42.9 Å². The van der Waals surface area contributed by atoms with Gasteiger partial charge in [-0.1, -0.05) is 0 Å². The van der Waals surface area contributed by atoms with E-state index in [0.717, 1.165) is 25.9 Å². The average molecular weight is 347 g/mol. The third-order valence-corrected chi connectivity index (χ3v) is 5.91. The number of piperidine rings is 1.